The van der Waals surface area contributed by atoms with Gasteiger partial charge in [0, 0.05) is 56.5 Å². The number of amides is 1. The first-order chi connectivity index (χ1) is 16.8. The molecule has 186 valence electrons. The number of carbonyl (C=O) groups excluding carboxylic acids is 1. The summed E-state index contributed by atoms with van der Waals surface area (Å²) in [5, 5.41) is 9.36. The fourth-order valence-corrected chi connectivity index (χ4v) is 6.12. The predicted molar refractivity (Wildman–Crippen MR) is 129 cm³/mol. The fraction of sp³-hybridized carbons (Fsp3) is 0.500. The van der Waals surface area contributed by atoms with Gasteiger partial charge in [-0.2, -0.15) is 13.2 Å². The quantitative estimate of drug-likeness (QED) is 0.423. The molecule has 0 saturated carbocycles. The second-order valence-corrected chi connectivity index (χ2v) is 10.2. The molecule has 0 bridgehead atoms. The Labute approximate surface area is 206 Å². The van der Waals surface area contributed by atoms with Crippen molar-refractivity contribution in [2.24, 2.45) is 18.0 Å². The molecule has 5 rings (SSSR count). The number of hydrogen-bond acceptors (Lipinski definition) is 6. The number of allylic oxidation sites excluding steroid dienone is 1. The Morgan fingerprint density at radius 2 is 2.00 bits per heavy atom. The van der Waals surface area contributed by atoms with Gasteiger partial charge in [0.15, 0.2) is 5.16 Å². The van der Waals surface area contributed by atoms with Gasteiger partial charge in [-0.3, -0.25) is 4.79 Å². The highest BCUT2D eigenvalue weighted by Gasteiger charge is 2.44. The number of anilines is 1. The van der Waals surface area contributed by atoms with Crippen LogP contribution in [0.25, 0.3) is 0 Å². The van der Waals surface area contributed by atoms with E-state index in [-0.39, 0.29) is 17.9 Å². The van der Waals surface area contributed by atoms with Crippen LogP contribution in [0.15, 0.2) is 46.6 Å². The number of thioether (sulfide) groups is 1. The number of fused-ring (bicyclic) bond motifs is 1. The van der Waals surface area contributed by atoms with Gasteiger partial charge in [0.1, 0.15) is 5.82 Å². The summed E-state index contributed by atoms with van der Waals surface area (Å²) in [5.74, 6) is 1.59. The van der Waals surface area contributed by atoms with Gasteiger partial charge in [0.05, 0.1) is 11.5 Å². The molecule has 0 radical (unpaired) electrons. The lowest BCUT2D eigenvalue weighted by Gasteiger charge is -2.29. The molecule has 7 nitrogen and oxygen atoms in total. The largest absolute Gasteiger partial charge is 0.418 e. The van der Waals surface area contributed by atoms with Gasteiger partial charge < -0.3 is 14.4 Å². The molecule has 35 heavy (non-hydrogen) atoms. The van der Waals surface area contributed by atoms with Crippen LogP contribution in [0.2, 0.25) is 0 Å². The van der Waals surface area contributed by atoms with Crippen molar-refractivity contribution in [3.63, 3.8) is 0 Å². The third-order valence-electron chi connectivity index (χ3n) is 6.97. The summed E-state index contributed by atoms with van der Waals surface area (Å²) in [6.45, 7) is 3.30. The molecular formula is C24H27F3N6OS. The van der Waals surface area contributed by atoms with E-state index in [1.807, 2.05) is 16.5 Å². The van der Waals surface area contributed by atoms with Crippen molar-refractivity contribution < 1.29 is 18.0 Å². The molecule has 1 unspecified atom stereocenters. The number of hydrogen-bond donors (Lipinski definition) is 0. The lowest BCUT2D eigenvalue weighted by Crippen LogP contribution is -2.36. The predicted octanol–water partition coefficient (Wildman–Crippen LogP) is 3.78. The molecule has 4 heterocycles. The molecule has 0 N–H and O–H groups in total. The van der Waals surface area contributed by atoms with Gasteiger partial charge in [-0.1, -0.05) is 30.0 Å². The first-order valence-electron chi connectivity index (χ1n) is 11.7. The number of nitrogens with zero attached hydrogens (tertiary/aromatic N) is 6. The minimum atomic E-state index is -4.35. The van der Waals surface area contributed by atoms with Crippen LogP contribution in [-0.2, 0) is 18.0 Å². The van der Waals surface area contributed by atoms with Crippen LogP contribution in [0.5, 0.6) is 0 Å². The summed E-state index contributed by atoms with van der Waals surface area (Å²) in [6.07, 6.45) is 2.33. The van der Waals surface area contributed by atoms with Crippen LogP contribution in [-0.4, -0.2) is 69.8 Å². The number of aliphatic imine (C=N–C) groups is 1. The SMILES string of the molecule is Cn1c(SCCCN2C[C@H]3CCN(c4ccccc4C(F)(F)F)[C@H]3C2)nnc1C1C=CC(=O)N=C1. The molecule has 2 saturated heterocycles. The number of carbonyl (C=O) groups is 1. The maximum atomic E-state index is 13.5. The topological polar surface area (TPSA) is 66.6 Å². The van der Waals surface area contributed by atoms with E-state index in [1.165, 1.54) is 18.2 Å². The smallest absolute Gasteiger partial charge is 0.366 e. The van der Waals surface area contributed by atoms with Crippen molar-refractivity contribution >= 4 is 29.6 Å². The molecule has 0 spiro atoms. The van der Waals surface area contributed by atoms with Gasteiger partial charge in [0.25, 0.3) is 5.91 Å². The van der Waals surface area contributed by atoms with Crippen molar-refractivity contribution in [3.05, 3.63) is 47.8 Å². The summed E-state index contributed by atoms with van der Waals surface area (Å²) in [5.41, 5.74) is -0.231. The summed E-state index contributed by atoms with van der Waals surface area (Å²) < 4.78 is 42.6. The van der Waals surface area contributed by atoms with Crippen LogP contribution in [0, 0.1) is 5.92 Å². The Kier molecular flexibility index (Phi) is 6.71. The van der Waals surface area contributed by atoms with E-state index >= 15 is 0 Å². The first kappa shape index (κ1) is 24.1. The van der Waals surface area contributed by atoms with Crippen molar-refractivity contribution in [3.8, 4) is 0 Å². The molecule has 1 aromatic carbocycles. The molecule has 1 aromatic heterocycles. The van der Waals surface area contributed by atoms with E-state index in [2.05, 4.69) is 20.1 Å². The Hall–Kier alpha value is -2.66. The highest BCUT2D eigenvalue weighted by Crippen LogP contribution is 2.41. The number of halogens is 3. The molecule has 3 aliphatic rings. The minimum Gasteiger partial charge on any atom is -0.366 e. The zero-order chi connectivity index (χ0) is 24.6. The van der Waals surface area contributed by atoms with E-state index in [0.717, 1.165) is 49.2 Å². The van der Waals surface area contributed by atoms with E-state index in [4.69, 9.17) is 0 Å². The summed E-state index contributed by atoms with van der Waals surface area (Å²) >= 11 is 1.63. The third kappa shape index (κ3) is 5.02. The van der Waals surface area contributed by atoms with Crippen LogP contribution in [0.3, 0.4) is 0 Å². The third-order valence-corrected chi connectivity index (χ3v) is 8.07. The zero-order valence-electron chi connectivity index (χ0n) is 19.4. The molecule has 3 aliphatic heterocycles. The zero-order valence-corrected chi connectivity index (χ0v) is 20.2. The average molecular weight is 505 g/mol. The Balaban J connectivity index is 1.13. The highest BCUT2D eigenvalue weighted by molar-refractivity contribution is 7.99. The van der Waals surface area contributed by atoms with Gasteiger partial charge in [-0.05, 0) is 37.4 Å². The number of benzene rings is 1. The van der Waals surface area contributed by atoms with Crippen molar-refractivity contribution in [2.75, 3.05) is 36.8 Å². The summed E-state index contributed by atoms with van der Waals surface area (Å²) in [7, 11) is 1.91. The van der Waals surface area contributed by atoms with Gasteiger partial charge in [-0.15, -0.1) is 10.2 Å². The van der Waals surface area contributed by atoms with E-state index < -0.39 is 11.7 Å². The van der Waals surface area contributed by atoms with Crippen molar-refractivity contribution in [1.82, 2.24) is 19.7 Å². The Morgan fingerprint density at radius 3 is 2.77 bits per heavy atom. The van der Waals surface area contributed by atoms with E-state index in [0.29, 0.717) is 18.2 Å². The van der Waals surface area contributed by atoms with Crippen molar-refractivity contribution in [2.45, 2.75) is 36.1 Å². The molecule has 0 aliphatic carbocycles. The van der Waals surface area contributed by atoms with Crippen molar-refractivity contribution in [1.29, 1.82) is 0 Å². The molecule has 1 amide bonds. The maximum Gasteiger partial charge on any atom is 0.418 e. The number of dihydropyridines is 1. The molecule has 2 aromatic rings. The normalized spacial score (nSPS) is 24.5. The average Bonchev–Trinajstić information content (AvgIpc) is 3.51. The number of alkyl halides is 3. The second-order valence-electron chi connectivity index (χ2n) is 9.19. The number of likely N-dealkylation sites (tertiary alicyclic amines) is 1. The number of rotatable bonds is 7. The van der Waals surface area contributed by atoms with Gasteiger partial charge in [-0.25, -0.2) is 4.99 Å². The minimum absolute atomic E-state index is 0.129. The van der Waals surface area contributed by atoms with Crippen LogP contribution in [0.4, 0.5) is 18.9 Å². The molecule has 2 fully saturated rings. The first-order valence-corrected chi connectivity index (χ1v) is 12.7. The van der Waals surface area contributed by atoms with Crippen LogP contribution in [0.1, 0.15) is 30.1 Å². The standard InChI is InChI=1S/C24H27F3N6OS/c1-31-22(16-7-8-21(34)28-13-16)29-30-23(31)35-12-4-10-32-14-17-9-11-33(20(17)15-32)19-6-3-2-5-18(19)24(25,26)27/h2-3,5-8,13,16-17,20H,4,9-12,14-15H2,1H3/t16?,17-,20+/m1/s1. The van der Waals surface area contributed by atoms with Crippen LogP contribution >= 0.6 is 11.8 Å². The monoisotopic (exact) mass is 504 g/mol. The number of aromatic nitrogens is 3. The maximum absolute atomic E-state index is 13.5. The number of para-hydroxylation sites is 1. The molecule has 3 atom stereocenters. The van der Waals surface area contributed by atoms with Crippen LogP contribution < -0.4 is 4.90 Å². The van der Waals surface area contributed by atoms with E-state index in [9.17, 15) is 18.0 Å². The lowest BCUT2D eigenvalue weighted by atomic mass is 10.0. The summed E-state index contributed by atoms with van der Waals surface area (Å²) in [6, 6.07) is 6.06. The second kappa shape index (κ2) is 9.77. The Morgan fingerprint density at radius 1 is 1.17 bits per heavy atom. The van der Waals surface area contributed by atoms with E-state index in [1.54, 1.807) is 36.2 Å². The summed E-state index contributed by atoms with van der Waals surface area (Å²) in [4.78, 5) is 19.4. The molecular weight excluding hydrogens is 477 g/mol. The van der Waals surface area contributed by atoms with Gasteiger partial charge >= 0.3 is 6.18 Å². The van der Waals surface area contributed by atoms with Gasteiger partial charge in [0.2, 0.25) is 0 Å². The fourth-order valence-electron chi connectivity index (χ4n) is 5.27. The molecule has 11 heteroatoms. The Bertz CT molecular complexity index is 1130. The highest BCUT2D eigenvalue weighted by atomic mass is 32.2. The lowest BCUT2D eigenvalue weighted by molar-refractivity contribution is -0.137.